The van der Waals surface area contributed by atoms with E-state index in [0.717, 1.165) is 18.1 Å². The van der Waals surface area contributed by atoms with E-state index in [1.165, 1.54) is 27.7 Å². The maximum atomic E-state index is 4.76. The lowest BCUT2D eigenvalue weighted by Gasteiger charge is -2.10. The molecule has 4 nitrogen and oxygen atoms in total. The molecule has 2 aromatic heterocycles. The van der Waals surface area contributed by atoms with Crippen molar-refractivity contribution in [2.45, 2.75) is 25.2 Å². The number of pyridine rings is 1. The van der Waals surface area contributed by atoms with Crippen molar-refractivity contribution in [2.75, 3.05) is 12.4 Å². The van der Waals surface area contributed by atoms with Gasteiger partial charge >= 0.3 is 0 Å². The first-order valence-electron chi connectivity index (χ1n) is 6.41. The van der Waals surface area contributed by atoms with Crippen LogP contribution in [0.3, 0.4) is 0 Å². The molecule has 0 spiro atoms. The van der Waals surface area contributed by atoms with Gasteiger partial charge in [0.15, 0.2) is 0 Å². The molecule has 1 fully saturated rings. The van der Waals surface area contributed by atoms with Gasteiger partial charge < -0.3 is 5.32 Å². The molecule has 3 rings (SSSR count). The first-order chi connectivity index (χ1) is 9.28. The molecule has 1 aliphatic carbocycles. The molecule has 0 aliphatic heterocycles. The van der Waals surface area contributed by atoms with Gasteiger partial charge in [-0.05, 0) is 53.1 Å². The Morgan fingerprint density at radius 1 is 1.26 bits per heavy atom. The number of halogens is 1. The van der Waals surface area contributed by atoms with Gasteiger partial charge in [-0.25, -0.2) is 9.97 Å². The maximum absolute atomic E-state index is 4.76. The van der Waals surface area contributed by atoms with Crippen molar-refractivity contribution in [2.24, 2.45) is 0 Å². The van der Waals surface area contributed by atoms with Crippen molar-refractivity contribution in [3.05, 3.63) is 45.2 Å². The molecule has 2 aromatic rings. The Hall–Kier alpha value is -1.24. The van der Waals surface area contributed by atoms with Crippen molar-refractivity contribution >= 4 is 28.4 Å². The molecule has 98 valence electrons. The average molecular weight is 366 g/mol. The van der Waals surface area contributed by atoms with Crippen LogP contribution in [0.2, 0.25) is 0 Å². The summed E-state index contributed by atoms with van der Waals surface area (Å²) in [5.74, 6) is 2.47. The summed E-state index contributed by atoms with van der Waals surface area (Å²) in [5, 5.41) is 3.17. The van der Waals surface area contributed by atoms with Crippen LogP contribution in [0.4, 0.5) is 5.82 Å². The predicted octanol–water partition coefficient (Wildman–Crippen LogP) is 2.99. The first-order valence-corrected chi connectivity index (χ1v) is 7.48. The van der Waals surface area contributed by atoms with E-state index in [1.807, 2.05) is 31.6 Å². The van der Waals surface area contributed by atoms with E-state index >= 15 is 0 Å². The molecule has 1 aliphatic rings. The molecule has 1 saturated carbocycles. The largest absolute Gasteiger partial charge is 0.372 e. The number of anilines is 1. The topological polar surface area (TPSA) is 50.7 Å². The molecule has 5 heteroatoms. The number of nitrogens with zero attached hydrogens (tertiary/aromatic N) is 3. The molecule has 0 radical (unpaired) electrons. The summed E-state index contributed by atoms with van der Waals surface area (Å²) in [5.41, 5.74) is 2.41. The summed E-state index contributed by atoms with van der Waals surface area (Å²) in [7, 11) is 1.91. The lowest BCUT2D eigenvalue weighted by Crippen LogP contribution is -2.07. The summed E-state index contributed by atoms with van der Waals surface area (Å²) < 4.78 is 1.17. The molecule has 0 atom stereocenters. The van der Waals surface area contributed by atoms with E-state index in [4.69, 9.17) is 4.98 Å². The van der Waals surface area contributed by atoms with Gasteiger partial charge in [-0.2, -0.15) is 0 Å². The molecule has 2 heterocycles. The Labute approximate surface area is 126 Å². The smallest absolute Gasteiger partial charge is 0.143 e. The van der Waals surface area contributed by atoms with Gasteiger partial charge in [-0.3, -0.25) is 4.98 Å². The van der Waals surface area contributed by atoms with E-state index in [1.54, 1.807) is 0 Å². The van der Waals surface area contributed by atoms with Gasteiger partial charge in [-0.15, -0.1) is 0 Å². The van der Waals surface area contributed by atoms with Crippen LogP contribution in [0, 0.1) is 3.57 Å². The minimum Gasteiger partial charge on any atom is -0.372 e. The Morgan fingerprint density at radius 2 is 2.00 bits per heavy atom. The van der Waals surface area contributed by atoms with Gasteiger partial charge in [0.2, 0.25) is 0 Å². The van der Waals surface area contributed by atoms with E-state index in [2.05, 4.69) is 37.9 Å². The average Bonchev–Trinajstić information content (AvgIpc) is 3.26. The third kappa shape index (κ3) is 2.86. The summed E-state index contributed by atoms with van der Waals surface area (Å²) in [6.45, 7) is 0. The molecule has 0 aromatic carbocycles. The molecule has 0 amide bonds. The van der Waals surface area contributed by atoms with Gasteiger partial charge in [0, 0.05) is 31.8 Å². The second-order valence-corrected chi connectivity index (χ2v) is 5.82. The highest BCUT2D eigenvalue weighted by Crippen LogP contribution is 2.42. The van der Waals surface area contributed by atoms with Crippen molar-refractivity contribution < 1.29 is 0 Å². The molecule has 19 heavy (non-hydrogen) atoms. The minimum atomic E-state index is 0.637. The zero-order chi connectivity index (χ0) is 13.2. The monoisotopic (exact) mass is 366 g/mol. The van der Waals surface area contributed by atoms with Crippen LogP contribution in [0.15, 0.2) is 24.5 Å². The Bertz CT molecular complexity index is 581. The third-order valence-corrected chi connectivity index (χ3v) is 4.30. The molecule has 0 unspecified atom stereocenters. The van der Waals surface area contributed by atoms with E-state index in [9.17, 15) is 0 Å². The standard InChI is InChI=1S/C14H15IN4/c1-16-14-12(15)13(10-2-3-10)18-11(19-14)8-9-4-6-17-7-5-9/h4-7,10H,2-3,8H2,1H3,(H,16,18,19). The Kier molecular flexibility index (Phi) is 3.63. The van der Waals surface area contributed by atoms with E-state index in [0.29, 0.717) is 5.92 Å². The molecular formula is C14H15IN4. The predicted molar refractivity (Wildman–Crippen MR) is 83.3 cm³/mol. The second kappa shape index (κ2) is 5.40. The third-order valence-electron chi connectivity index (χ3n) is 3.24. The quantitative estimate of drug-likeness (QED) is 0.846. The van der Waals surface area contributed by atoms with Crippen LogP contribution >= 0.6 is 22.6 Å². The summed E-state index contributed by atoms with van der Waals surface area (Å²) in [6.07, 6.45) is 6.88. The fourth-order valence-corrected chi connectivity index (χ4v) is 3.02. The van der Waals surface area contributed by atoms with Gasteiger partial charge in [-0.1, -0.05) is 0 Å². The SMILES string of the molecule is CNc1nc(Cc2ccncc2)nc(C2CC2)c1I. The number of rotatable bonds is 4. The highest BCUT2D eigenvalue weighted by atomic mass is 127. The van der Waals surface area contributed by atoms with E-state index in [-0.39, 0.29) is 0 Å². The molecular weight excluding hydrogens is 351 g/mol. The van der Waals surface area contributed by atoms with Crippen LogP contribution in [0.25, 0.3) is 0 Å². The number of nitrogens with one attached hydrogen (secondary N) is 1. The highest BCUT2D eigenvalue weighted by Gasteiger charge is 2.29. The number of hydrogen-bond donors (Lipinski definition) is 1. The van der Waals surface area contributed by atoms with Crippen LogP contribution < -0.4 is 5.32 Å². The van der Waals surface area contributed by atoms with Crippen molar-refractivity contribution in [1.29, 1.82) is 0 Å². The van der Waals surface area contributed by atoms with Crippen LogP contribution in [0.5, 0.6) is 0 Å². The van der Waals surface area contributed by atoms with Crippen LogP contribution in [-0.2, 0) is 6.42 Å². The van der Waals surface area contributed by atoms with Gasteiger partial charge in [0.25, 0.3) is 0 Å². The van der Waals surface area contributed by atoms with Crippen LogP contribution in [-0.4, -0.2) is 22.0 Å². The van der Waals surface area contributed by atoms with Crippen molar-refractivity contribution in [3.8, 4) is 0 Å². The second-order valence-electron chi connectivity index (χ2n) is 4.74. The Morgan fingerprint density at radius 3 is 2.63 bits per heavy atom. The summed E-state index contributed by atoms with van der Waals surface area (Å²) in [6, 6.07) is 4.02. The lowest BCUT2D eigenvalue weighted by atomic mass is 10.2. The molecule has 0 bridgehead atoms. The summed E-state index contributed by atoms with van der Waals surface area (Å²) in [4.78, 5) is 13.4. The fourth-order valence-electron chi connectivity index (χ4n) is 2.07. The van der Waals surface area contributed by atoms with Crippen molar-refractivity contribution in [3.63, 3.8) is 0 Å². The summed E-state index contributed by atoms with van der Waals surface area (Å²) >= 11 is 2.35. The molecule has 1 N–H and O–H groups in total. The number of aromatic nitrogens is 3. The van der Waals surface area contributed by atoms with E-state index < -0.39 is 0 Å². The fraction of sp³-hybridized carbons (Fsp3) is 0.357. The zero-order valence-electron chi connectivity index (χ0n) is 10.7. The zero-order valence-corrected chi connectivity index (χ0v) is 12.9. The minimum absolute atomic E-state index is 0.637. The van der Waals surface area contributed by atoms with Crippen molar-refractivity contribution in [1.82, 2.24) is 15.0 Å². The van der Waals surface area contributed by atoms with Crippen LogP contribution in [0.1, 0.15) is 35.8 Å². The maximum Gasteiger partial charge on any atom is 0.143 e. The normalized spacial score (nSPS) is 14.4. The number of hydrogen-bond acceptors (Lipinski definition) is 4. The lowest BCUT2D eigenvalue weighted by molar-refractivity contribution is 0.890. The first kappa shape index (κ1) is 12.8. The highest BCUT2D eigenvalue weighted by molar-refractivity contribution is 14.1. The van der Waals surface area contributed by atoms with Gasteiger partial charge in [0.1, 0.15) is 11.6 Å². The molecule has 0 saturated heterocycles. The van der Waals surface area contributed by atoms with Gasteiger partial charge in [0.05, 0.1) is 9.26 Å². The Balaban J connectivity index is 1.95.